The van der Waals surface area contributed by atoms with Crippen LogP contribution < -0.4 is 0 Å². The van der Waals surface area contributed by atoms with Crippen molar-refractivity contribution in [2.75, 3.05) is 0 Å². The van der Waals surface area contributed by atoms with Crippen molar-refractivity contribution < 1.29 is 15.0 Å². The van der Waals surface area contributed by atoms with E-state index in [0.29, 0.717) is 5.69 Å². The molecule has 15 heavy (non-hydrogen) atoms. The minimum Gasteiger partial charge on any atom is -0.504 e. The molecule has 76 valence electrons. The smallest absolute Gasteiger partial charge is 0.358 e. The zero-order valence-electron chi connectivity index (χ0n) is 7.66. The van der Waals surface area contributed by atoms with Gasteiger partial charge < -0.3 is 10.2 Å². The van der Waals surface area contributed by atoms with Crippen LogP contribution in [0.5, 0.6) is 5.75 Å². The second-order valence-corrected chi connectivity index (χ2v) is 2.93. The molecule has 0 bridgehead atoms. The maximum atomic E-state index is 10.9. The molecule has 0 saturated heterocycles. The molecule has 0 fully saturated rings. The summed E-state index contributed by atoms with van der Waals surface area (Å²) in [5.41, 5.74) is 0.358. The first kappa shape index (κ1) is 9.26. The number of aromatic carboxylic acids is 1. The predicted molar refractivity (Wildman–Crippen MR) is 52.2 cm³/mol. The van der Waals surface area contributed by atoms with Crippen LogP contribution in [0.2, 0.25) is 0 Å². The fourth-order valence-corrected chi connectivity index (χ4v) is 1.30. The third-order valence-corrected chi connectivity index (χ3v) is 1.95. The van der Waals surface area contributed by atoms with Gasteiger partial charge in [0.15, 0.2) is 11.4 Å². The van der Waals surface area contributed by atoms with Crippen molar-refractivity contribution in [2.45, 2.75) is 0 Å². The summed E-state index contributed by atoms with van der Waals surface area (Å²) in [4.78, 5) is 10.9. The highest BCUT2D eigenvalue weighted by Crippen LogP contribution is 2.19. The average molecular weight is 204 g/mol. The van der Waals surface area contributed by atoms with Gasteiger partial charge in [-0.1, -0.05) is 18.2 Å². The van der Waals surface area contributed by atoms with E-state index in [1.54, 1.807) is 24.3 Å². The summed E-state index contributed by atoms with van der Waals surface area (Å²) in [6.07, 6.45) is 1.11. The quantitative estimate of drug-likeness (QED) is 0.772. The highest BCUT2D eigenvalue weighted by Gasteiger charge is 2.17. The van der Waals surface area contributed by atoms with Gasteiger partial charge in [-0.2, -0.15) is 5.10 Å². The molecule has 5 heteroatoms. The Morgan fingerprint density at radius 1 is 1.27 bits per heavy atom. The van der Waals surface area contributed by atoms with Gasteiger partial charge in [-0.25, -0.2) is 9.48 Å². The topological polar surface area (TPSA) is 75.3 Å². The van der Waals surface area contributed by atoms with Crippen molar-refractivity contribution >= 4 is 5.97 Å². The number of carboxylic acid groups (broad SMARTS) is 1. The third-order valence-electron chi connectivity index (χ3n) is 1.95. The summed E-state index contributed by atoms with van der Waals surface area (Å²) in [5, 5.41) is 22.0. The summed E-state index contributed by atoms with van der Waals surface area (Å²) < 4.78 is 1.18. The zero-order chi connectivity index (χ0) is 10.8. The number of nitrogens with zero attached hydrogens (tertiary/aromatic N) is 2. The number of para-hydroxylation sites is 1. The lowest BCUT2D eigenvalue weighted by atomic mass is 10.3. The zero-order valence-corrected chi connectivity index (χ0v) is 7.66. The molecule has 0 spiro atoms. The Kier molecular flexibility index (Phi) is 2.13. The molecule has 0 unspecified atom stereocenters. The van der Waals surface area contributed by atoms with Crippen LogP contribution in [-0.2, 0) is 0 Å². The van der Waals surface area contributed by atoms with E-state index < -0.39 is 5.97 Å². The average Bonchev–Trinajstić information content (AvgIpc) is 2.61. The Labute approximate surface area is 85.2 Å². The van der Waals surface area contributed by atoms with Crippen molar-refractivity contribution in [3.05, 3.63) is 42.2 Å². The van der Waals surface area contributed by atoms with Crippen LogP contribution in [-0.4, -0.2) is 26.0 Å². The van der Waals surface area contributed by atoms with Gasteiger partial charge in [-0.15, -0.1) is 0 Å². The number of carboxylic acids is 1. The van der Waals surface area contributed by atoms with Gasteiger partial charge in [0.05, 0.1) is 11.9 Å². The summed E-state index contributed by atoms with van der Waals surface area (Å²) >= 11 is 0. The highest BCUT2D eigenvalue weighted by atomic mass is 16.4. The van der Waals surface area contributed by atoms with E-state index in [0.717, 1.165) is 6.20 Å². The second-order valence-electron chi connectivity index (χ2n) is 2.93. The lowest BCUT2D eigenvalue weighted by Crippen LogP contribution is -2.07. The number of hydrogen-bond acceptors (Lipinski definition) is 3. The number of benzene rings is 1. The summed E-state index contributed by atoms with van der Waals surface area (Å²) in [6, 6.07) is 8.75. The van der Waals surface area contributed by atoms with Crippen LogP contribution in [0.15, 0.2) is 36.5 Å². The Hall–Kier alpha value is -2.30. The number of aromatic nitrogens is 2. The monoisotopic (exact) mass is 204 g/mol. The van der Waals surface area contributed by atoms with Crippen LogP contribution in [0.4, 0.5) is 0 Å². The van der Waals surface area contributed by atoms with Gasteiger partial charge in [-0.05, 0) is 12.1 Å². The van der Waals surface area contributed by atoms with Crippen LogP contribution in [0, 0.1) is 0 Å². The lowest BCUT2D eigenvalue weighted by Gasteiger charge is -2.03. The van der Waals surface area contributed by atoms with E-state index in [1.807, 2.05) is 6.07 Å². The molecule has 5 nitrogen and oxygen atoms in total. The largest absolute Gasteiger partial charge is 0.504 e. The molecule has 0 aliphatic heterocycles. The third kappa shape index (κ3) is 1.54. The van der Waals surface area contributed by atoms with Crippen LogP contribution in [0.25, 0.3) is 5.69 Å². The molecule has 1 heterocycles. The Morgan fingerprint density at radius 2 is 1.93 bits per heavy atom. The number of carbonyl (C=O) groups is 1. The van der Waals surface area contributed by atoms with Gasteiger partial charge >= 0.3 is 5.97 Å². The van der Waals surface area contributed by atoms with E-state index in [4.69, 9.17) is 5.11 Å². The normalized spacial score (nSPS) is 10.1. The van der Waals surface area contributed by atoms with Crippen LogP contribution >= 0.6 is 0 Å². The lowest BCUT2D eigenvalue weighted by molar-refractivity contribution is 0.0684. The maximum Gasteiger partial charge on any atom is 0.358 e. The molecule has 1 aromatic heterocycles. The molecule has 0 amide bonds. The molecule has 2 rings (SSSR count). The maximum absolute atomic E-state index is 10.9. The standard InChI is InChI=1S/C10H8N2O3/c13-8-6-11-12(9(8)10(14)15)7-4-2-1-3-5-7/h1-6,13H,(H,14,15). The minimum absolute atomic E-state index is 0.235. The van der Waals surface area contributed by atoms with Crippen molar-refractivity contribution in [3.8, 4) is 11.4 Å². The van der Waals surface area contributed by atoms with Crippen molar-refractivity contribution in [1.29, 1.82) is 0 Å². The minimum atomic E-state index is -1.21. The first-order chi connectivity index (χ1) is 7.20. The van der Waals surface area contributed by atoms with Crippen molar-refractivity contribution in [1.82, 2.24) is 9.78 Å². The molecular weight excluding hydrogens is 196 g/mol. The Bertz CT molecular complexity index is 491. The van der Waals surface area contributed by atoms with Gasteiger partial charge in [0.1, 0.15) is 0 Å². The molecule has 0 atom stereocenters. The van der Waals surface area contributed by atoms with Gasteiger partial charge in [0, 0.05) is 0 Å². The number of hydrogen-bond donors (Lipinski definition) is 2. The molecule has 2 aromatic rings. The number of rotatable bonds is 2. The van der Waals surface area contributed by atoms with Crippen LogP contribution in [0.3, 0.4) is 0 Å². The fourth-order valence-electron chi connectivity index (χ4n) is 1.30. The number of aromatic hydroxyl groups is 1. The summed E-state index contributed by atoms with van der Waals surface area (Å²) in [7, 11) is 0. The van der Waals surface area contributed by atoms with E-state index in [2.05, 4.69) is 5.10 Å². The second kappa shape index (κ2) is 3.45. The van der Waals surface area contributed by atoms with E-state index >= 15 is 0 Å². The fraction of sp³-hybridized carbons (Fsp3) is 0. The molecule has 0 aliphatic rings. The first-order valence-corrected chi connectivity index (χ1v) is 4.26. The molecular formula is C10H8N2O3. The summed E-state index contributed by atoms with van der Waals surface area (Å²) in [6.45, 7) is 0. The van der Waals surface area contributed by atoms with Crippen molar-refractivity contribution in [3.63, 3.8) is 0 Å². The Morgan fingerprint density at radius 3 is 2.53 bits per heavy atom. The van der Waals surface area contributed by atoms with E-state index in [-0.39, 0.29) is 11.4 Å². The van der Waals surface area contributed by atoms with Gasteiger partial charge in [0.25, 0.3) is 0 Å². The molecule has 0 radical (unpaired) electrons. The van der Waals surface area contributed by atoms with E-state index in [1.165, 1.54) is 4.68 Å². The molecule has 0 saturated carbocycles. The van der Waals surface area contributed by atoms with Gasteiger partial charge in [-0.3, -0.25) is 0 Å². The summed E-state index contributed by atoms with van der Waals surface area (Å²) in [5.74, 6) is -1.56. The molecule has 1 aromatic carbocycles. The van der Waals surface area contributed by atoms with Crippen molar-refractivity contribution in [2.24, 2.45) is 0 Å². The predicted octanol–water partition coefficient (Wildman–Crippen LogP) is 1.28. The van der Waals surface area contributed by atoms with Crippen LogP contribution in [0.1, 0.15) is 10.5 Å². The Balaban J connectivity index is 2.59. The SMILES string of the molecule is O=C(O)c1c(O)cnn1-c1ccccc1. The molecule has 0 aliphatic carbocycles. The van der Waals surface area contributed by atoms with Gasteiger partial charge in [0.2, 0.25) is 0 Å². The highest BCUT2D eigenvalue weighted by molar-refractivity contribution is 5.89. The molecule has 2 N–H and O–H groups in total. The first-order valence-electron chi connectivity index (χ1n) is 4.26. The van der Waals surface area contributed by atoms with E-state index in [9.17, 15) is 9.90 Å².